The summed E-state index contributed by atoms with van der Waals surface area (Å²) >= 11 is 0. The van der Waals surface area contributed by atoms with E-state index >= 15 is 0 Å². The van der Waals surface area contributed by atoms with Crippen LogP contribution in [0, 0.1) is 6.92 Å². The summed E-state index contributed by atoms with van der Waals surface area (Å²) in [5, 5.41) is 3.16. The van der Waals surface area contributed by atoms with Gasteiger partial charge in [0, 0.05) is 6.54 Å². The van der Waals surface area contributed by atoms with Crippen LogP contribution in [0.5, 0.6) is 5.75 Å². The number of Topliss-reactive ketones (excluding diaryl/α,β-unsaturated/α-hetero) is 1. The highest BCUT2D eigenvalue weighted by atomic mass is 16.5. The molecule has 0 aliphatic heterocycles. The second-order valence-electron chi connectivity index (χ2n) is 4.98. The highest BCUT2D eigenvalue weighted by molar-refractivity contribution is 5.77. The minimum absolute atomic E-state index is 0.158. The minimum atomic E-state index is 0.158. The van der Waals surface area contributed by atoms with Crippen molar-refractivity contribution in [2.75, 3.05) is 13.7 Å². The van der Waals surface area contributed by atoms with Gasteiger partial charge in [-0.2, -0.15) is 0 Å². The quantitative estimate of drug-likeness (QED) is 0.842. The van der Waals surface area contributed by atoms with Gasteiger partial charge in [0.1, 0.15) is 11.5 Å². The molecule has 0 bridgehead atoms. The summed E-state index contributed by atoms with van der Waals surface area (Å²) < 4.78 is 5.41. The summed E-state index contributed by atoms with van der Waals surface area (Å²) in [5.74, 6) is 1.52. The van der Waals surface area contributed by atoms with E-state index in [0.717, 1.165) is 12.3 Å². The van der Waals surface area contributed by atoms with Crippen molar-refractivity contribution >= 4 is 5.78 Å². The molecule has 0 radical (unpaired) electrons. The van der Waals surface area contributed by atoms with E-state index in [1.807, 2.05) is 0 Å². The molecule has 0 amide bonds. The molecule has 1 aromatic carbocycles. The van der Waals surface area contributed by atoms with E-state index < -0.39 is 0 Å². The van der Waals surface area contributed by atoms with Gasteiger partial charge in [-0.15, -0.1) is 0 Å². The van der Waals surface area contributed by atoms with E-state index in [4.69, 9.17) is 4.74 Å². The number of carbonyl (C=O) groups excluding carboxylic acids is 1. The van der Waals surface area contributed by atoms with E-state index in [2.05, 4.69) is 38.2 Å². The fraction of sp³-hybridized carbons (Fsp3) is 0.533. The largest absolute Gasteiger partial charge is 0.496 e. The first kappa shape index (κ1) is 14.7. The standard InChI is InChI=1S/C15H23NO2/c1-10(2)14-7-13(9-16-8-12(4)17)11(3)6-15(14)18-5/h6-7,10,16H,8-9H2,1-5H3. The molecule has 0 aliphatic rings. The van der Waals surface area contributed by atoms with Crippen molar-refractivity contribution in [2.45, 2.75) is 40.2 Å². The number of carbonyl (C=O) groups is 1. The molecule has 0 spiro atoms. The number of hydrogen-bond acceptors (Lipinski definition) is 3. The van der Waals surface area contributed by atoms with Gasteiger partial charge in [0.25, 0.3) is 0 Å². The van der Waals surface area contributed by atoms with Gasteiger partial charge in [-0.1, -0.05) is 19.9 Å². The van der Waals surface area contributed by atoms with Gasteiger partial charge >= 0.3 is 0 Å². The summed E-state index contributed by atoms with van der Waals surface area (Å²) in [6, 6.07) is 4.24. The van der Waals surface area contributed by atoms with Gasteiger partial charge in [-0.25, -0.2) is 0 Å². The molecule has 3 nitrogen and oxygen atoms in total. The number of hydrogen-bond donors (Lipinski definition) is 1. The predicted molar refractivity (Wildman–Crippen MR) is 74.2 cm³/mol. The summed E-state index contributed by atoms with van der Waals surface area (Å²) in [6.07, 6.45) is 0. The number of aryl methyl sites for hydroxylation is 1. The fourth-order valence-corrected chi connectivity index (χ4v) is 1.94. The molecule has 0 fully saturated rings. The lowest BCUT2D eigenvalue weighted by atomic mass is 9.96. The lowest BCUT2D eigenvalue weighted by Crippen LogP contribution is -2.21. The summed E-state index contributed by atoms with van der Waals surface area (Å²) in [5.41, 5.74) is 3.62. The Bertz CT molecular complexity index is 425. The van der Waals surface area contributed by atoms with Crippen molar-refractivity contribution in [3.63, 3.8) is 0 Å². The van der Waals surface area contributed by atoms with E-state index in [1.54, 1.807) is 14.0 Å². The Balaban J connectivity index is 2.91. The van der Waals surface area contributed by atoms with Crippen LogP contribution in [0.15, 0.2) is 12.1 Å². The molecule has 100 valence electrons. The van der Waals surface area contributed by atoms with Crippen molar-refractivity contribution in [1.82, 2.24) is 5.32 Å². The van der Waals surface area contributed by atoms with Crippen LogP contribution in [0.3, 0.4) is 0 Å². The first-order valence-electron chi connectivity index (χ1n) is 6.33. The summed E-state index contributed by atoms with van der Waals surface area (Å²) in [6.45, 7) is 9.10. The van der Waals surface area contributed by atoms with E-state index in [9.17, 15) is 4.79 Å². The maximum absolute atomic E-state index is 10.9. The van der Waals surface area contributed by atoms with Crippen molar-refractivity contribution in [2.24, 2.45) is 0 Å². The van der Waals surface area contributed by atoms with Crippen molar-refractivity contribution in [3.8, 4) is 5.75 Å². The highest BCUT2D eigenvalue weighted by Crippen LogP contribution is 2.29. The average Bonchev–Trinajstić information content (AvgIpc) is 2.29. The fourth-order valence-electron chi connectivity index (χ4n) is 1.94. The number of benzene rings is 1. The van der Waals surface area contributed by atoms with Gasteiger partial charge < -0.3 is 10.1 Å². The van der Waals surface area contributed by atoms with Crippen LogP contribution in [0.2, 0.25) is 0 Å². The van der Waals surface area contributed by atoms with Crippen LogP contribution in [0.25, 0.3) is 0 Å². The molecule has 0 saturated heterocycles. The lowest BCUT2D eigenvalue weighted by Gasteiger charge is -2.16. The first-order valence-corrected chi connectivity index (χ1v) is 6.33. The summed E-state index contributed by atoms with van der Waals surface area (Å²) in [4.78, 5) is 10.9. The number of ketones is 1. The predicted octanol–water partition coefficient (Wildman–Crippen LogP) is 2.81. The van der Waals surface area contributed by atoms with Crippen LogP contribution in [-0.2, 0) is 11.3 Å². The second kappa shape index (κ2) is 6.55. The Kier molecular flexibility index (Phi) is 5.35. The topological polar surface area (TPSA) is 38.3 Å². The third-order valence-electron chi connectivity index (χ3n) is 3.00. The van der Waals surface area contributed by atoms with Gasteiger partial charge in [0.2, 0.25) is 0 Å². The minimum Gasteiger partial charge on any atom is -0.496 e. The zero-order chi connectivity index (χ0) is 13.7. The van der Waals surface area contributed by atoms with Crippen molar-refractivity contribution in [1.29, 1.82) is 0 Å². The Morgan fingerprint density at radius 3 is 2.56 bits per heavy atom. The van der Waals surface area contributed by atoms with Crippen molar-refractivity contribution < 1.29 is 9.53 Å². The molecule has 1 N–H and O–H groups in total. The zero-order valence-corrected chi connectivity index (χ0v) is 12.0. The first-order chi connectivity index (χ1) is 8.45. The maximum atomic E-state index is 10.9. The number of nitrogens with one attached hydrogen (secondary N) is 1. The smallest absolute Gasteiger partial charge is 0.143 e. The highest BCUT2D eigenvalue weighted by Gasteiger charge is 2.11. The Hall–Kier alpha value is -1.35. The molecule has 0 unspecified atom stereocenters. The van der Waals surface area contributed by atoms with Gasteiger partial charge in [-0.05, 0) is 42.5 Å². The Labute approximate surface area is 110 Å². The summed E-state index contributed by atoms with van der Waals surface area (Å²) in [7, 11) is 1.70. The molecule has 0 atom stereocenters. The third-order valence-corrected chi connectivity index (χ3v) is 3.00. The molecule has 3 heteroatoms. The van der Waals surface area contributed by atoms with Gasteiger partial charge in [-0.3, -0.25) is 4.79 Å². The molecule has 0 saturated carbocycles. The molecule has 0 aliphatic carbocycles. The second-order valence-corrected chi connectivity index (χ2v) is 4.98. The Morgan fingerprint density at radius 2 is 2.06 bits per heavy atom. The van der Waals surface area contributed by atoms with Crippen LogP contribution in [0.4, 0.5) is 0 Å². The SMILES string of the molecule is COc1cc(C)c(CNCC(C)=O)cc1C(C)C. The number of methoxy groups -OCH3 is 1. The number of rotatable bonds is 6. The van der Waals surface area contributed by atoms with E-state index in [-0.39, 0.29) is 5.78 Å². The van der Waals surface area contributed by atoms with Crippen LogP contribution in [-0.4, -0.2) is 19.4 Å². The molecule has 0 heterocycles. The van der Waals surface area contributed by atoms with Crippen LogP contribution in [0.1, 0.15) is 43.4 Å². The van der Waals surface area contributed by atoms with Crippen LogP contribution >= 0.6 is 0 Å². The van der Waals surface area contributed by atoms with Crippen molar-refractivity contribution in [3.05, 3.63) is 28.8 Å². The normalized spacial score (nSPS) is 10.8. The molecule has 1 aromatic rings. The van der Waals surface area contributed by atoms with Gasteiger partial charge in [0.15, 0.2) is 0 Å². The Morgan fingerprint density at radius 1 is 1.39 bits per heavy atom. The lowest BCUT2D eigenvalue weighted by molar-refractivity contribution is -0.116. The monoisotopic (exact) mass is 249 g/mol. The molecule has 0 aromatic heterocycles. The third kappa shape index (κ3) is 3.84. The molecular weight excluding hydrogens is 226 g/mol. The maximum Gasteiger partial charge on any atom is 0.143 e. The zero-order valence-electron chi connectivity index (χ0n) is 12.0. The number of ether oxygens (including phenoxy) is 1. The molecule has 18 heavy (non-hydrogen) atoms. The van der Waals surface area contributed by atoms with E-state index in [0.29, 0.717) is 12.5 Å². The van der Waals surface area contributed by atoms with Gasteiger partial charge in [0.05, 0.1) is 13.7 Å². The molecule has 1 rings (SSSR count). The van der Waals surface area contributed by atoms with E-state index in [1.165, 1.54) is 16.7 Å². The average molecular weight is 249 g/mol. The van der Waals surface area contributed by atoms with Crippen LogP contribution < -0.4 is 10.1 Å². The molecular formula is C15H23NO2.